The van der Waals surface area contributed by atoms with E-state index in [0.717, 1.165) is 12.2 Å². The molecule has 1 amide bonds. The lowest BCUT2D eigenvalue weighted by molar-refractivity contribution is -0.121. The quantitative estimate of drug-likeness (QED) is 0.325. The fourth-order valence-corrected chi connectivity index (χ4v) is 1.78. The summed E-state index contributed by atoms with van der Waals surface area (Å²) in [6.07, 6.45) is 10.9. The van der Waals surface area contributed by atoms with E-state index in [4.69, 9.17) is 0 Å². The maximum absolute atomic E-state index is 11.2. The van der Waals surface area contributed by atoms with E-state index in [2.05, 4.69) is 24.5 Å². The van der Waals surface area contributed by atoms with Crippen LogP contribution >= 0.6 is 12.6 Å². The summed E-state index contributed by atoms with van der Waals surface area (Å²) in [5.41, 5.74) is 0. The van der Waals surface area contributed by atoms with Crippen LogP contribution in [-0.2, 0) is 4.79 Å². The third-order valence-corrected chi connectivity index (χ3v) is 2.82. The van der Waals surface area contributed by atoms with Crippen LogP contribution < -0.4 is 5.32 Å². The Hall–Kier alpha value is -0.440. The first-order valence-electron chi connectivity index (χ1n) is 6.29. The Morgan fingerprint density at radius 1 is 1.06 bits per heavy atom. The van der Waals surface area contributed by atoms with Gasteiger partial charge in [0.25, 0.3) is 0 Å². The number of hydrogen-bond donors (Lipinski definition) is 2. The van der Waals surface area contributed by atoms with Crippen LogP contribution in [0.3, 0.4) is 0 Å². The van der Waals surface area contributed by atoms with Gasteiger partial charge in [-0.3, -0.25) is 4.79 Å². The average molecular weight is 243 g/mol. The van der Waals surface area contributed by atoms with E-state index < -0.39 is 0 Å². The molecule has 94 valence electrons. The zero-order chi connectivity index (χ0) is 12.1. The van der Waals surface area contributed by atoms with Gasteiger partial charge < -0.3 is 5.32 Å². The van der Waals surface area contributed by atoms with Crippen LogP contribution in [-0.4, -0.2) is 18.2 Å². The van der Waals surface area contributed by atoms with Gasteiger partial charge in [0.2, 0.25) is 5.91 Å². The molecule has 0 radical (unpaired) electrons. The Morgan fingerprint density at radius 2 is 1.62 bits per heavy atom. The molecule has 0 aliphatic rings. The van der Waals surface area contributed by atoms with Crippen LogP contribution in [0.1, 0.15) is 51.4 Å². The van der Waals surface area contributed by atoms with Gasteiger partial charge >= 0.3 is 0 Å². The Morgan fingerprint density at radius 3 is 2.19 bits per heavy atom. The van der Waals surface area contributed by atoms with Crippen LogP contribution in [0.4, 0.5) is 0 Å². The molecule has 0 fully saturated rings. The number of carbonyl (C=O) groups is 1. The lowest BCUT2D eigenvalue weighted by Gasteiger charge is -2.02. The van der Waals surface area contributed by atoms with Crippen molar-refractivity contribution in [2.45, 2.75) is 51.4 Å². The second-order valence-electron chi connectivity index (χ2n) is 4.04. The highest BCUT2D eigenvalue weighted by molar-refractivity contribution is 7.80. The Kier molecular flexibility index (Phi) is 12.3. The highest BCUT2D eigenvalue weighted by Gasteiger charge is 1.98. The van der Waals surface area contributed by atoms with E-state index in [1.807, 2.05) is 0 Å². The Labute approximate surface area is 105 Å². The van der Waals surface area contributed by atoms with E-state index in [-0.39, 0.29) is 5.91 Å². The number of thiol groups is 1. The minimum Gasteiger partial charge on any atom is -0.353 e. The molecule has 16 heavy (non-hydrogen) atoms. The summed E-state index contributed by atoms with van der Waals surface area (Å²) < 4.78 is 0. The number of rotatable bonds is 11. The van der Waals surface area contributed by atoms with Gasteiger partial charge in [0.1, 0.15) is 0 Å². The fraction of sp³-hybridized carbons (Fsp3) is 0.769. The second-order valence-corrected chi connectivity index (χ2v) is 4.49. The summed E-state index contributed by atoms with van der Waals surface area (Å²) in [7, 11) is 0. The van der Waals surface area contributed by atoms with Crippen LogP contribution in [0, 0.1) is 0 Å². The van der Waals surface area contributed by atoms with E-state index in [1.165, 1.54) is 38.5 Å². The maximum Gasteiger partial charge on any atom is 0.220 e. The van der Waals surface area contributed by atoms with Crippen molar-refractivity contribution >= 4 is 18.5 Å². The topological polar surface area (TPSA) is 29.1 Å². The Bertz CT molecular complexity index is 183. The van der Waals surface area contributed by atoms with Gasteiger partial charge in [-0.25, -0.2) is 0 Å². The third-order valence-electron chi connectivity index (χ3n) is 2.51. The number of amides is 1. The molecule has 1 N–H and O–H groups in total. The molecule has 3 heteroatoms. The molecule has 0 saturated carbocycles. The van der Waals surface area contributed by atoms with Gasteiger partial charge in [-0.1, -0.05) is 38.2 Å². The second kappa shape index (κ2) is 12.6. The van der Waals surface area contributed by atoms with Gasteiger partial charge in [0.05, 0.1) is 0 Å². The van der Waals surface area contributed by atoms with Gasteiger partial charge in [0, 0.05) is 13.0 Å². The van der Waals surface area contributed by atoms with Crippen molar-refractivity contribution < 1.29 is 4.79 Å². The lowest BCUT2D eigenvalue weighted by atomic mass is 10.1. The molecule has 0 aromatic heterocycles. The molecule has 0 atom stereocenters. The molecule has 0 aliphatic heterocycles. The normalized spacial score (nSPS) is 10.1. The average Bonchev–Trinajstić information content (AvgIpc) is 2.30. The molecule has 0 aromatic carbocycles. The molecular weight excluding hydrogens is 218 g/mol. The summed E-state index contributed by atoms with van der Waals surface area (Å²) in [6, 6.07) is 0. The first kappa shape index (κ1) is 15.6. The van der Waals surface area contributed by atoms with Crippen LogP contribution in [0.15, 0.2) is 12.7 Å². The minimum absolute atomic E-state index is 0.148. The van der Waals surface area contributed by atoms with Gasteiger partial charge in [-0.05, 0) is 18.6 Å². The van der Waals surface area contributed by atoms with Crippen LogP contribution in [0.5, 0.6) is 0 Å². The molecule has 0 bridgehead atoms. The zero-order valence-corrected chi connectivity index (χ0v) is 11.1. The summed E-state index contributed by atoms with van der Waals surface area (Å²) in [5, 5.41) is 2.79. The monoisotopic (exact) mass is 243 g/mol. The standard InChI is InChI=1S/C13H25NOS/c1-2-11-14-13(15)10-8-6-4-3-5-7-9-12-16/h2,16H,1,3-12H2,(H,14,15). The lowest BCUT2D eigenvalue weighted by Crippen LogP contribution is -2.22. The molecule has 0 aliphatic carbocycles. The first-order chi connectivity index (χ1) is 7.81. The van der Waals surface area contributed by atoms with Crippen LogP contribution in [0.2, 0.25) is 0 Å². The van der Waals surface area contributed by atoms with E-state index in [0.29, 0.717) is 13.0 Å². The summed E-state index contributed by atoms with van der Waals surface area (Å²) >= 11 is 4.18. The zero-order valence-electron chi connectivity index (χ0n) is 10.2. The molecule has 0 heterocycles. The maximum atomic E-state index is 11.2. The van der Waals surface area contributed by atoms with E-state index in [1.54, 1.807) is 6.08 Å². The minimum atomic E-state index is 0.148. The number of nitrogens with one attached hydrogen (secondary N) is 1. The fourth-order valence-electron chi connectivity index (χ4n) is 1.56. The first-order valence-corrected chi connectivity index (χ1v) is 6.93. The van der Waals surface area contributed by atoms with Crippen molar-refractivity contribution in [2.24, 2.45) is 0 Å². The summed E-state index contributed by atoms with van der Waals surface area (Å²) in [4.78, 5) is 11.2. The summed E-state index contributed by atoms with van der Waals surface area (Å²) in [5.74, 6) is 1.15. The van der Waals surface area contributed by atoms with E-state index in [9.17, 15) is 4.79 Å². The molecule has 0 rings (SSSR count). The van der Waals surface area contributed by atoms with Crippen molar-refractivity contribution in [3.63, 3.8) is 0 Å². The SMILES string of the molecule is C=CCNC(=O)CCCCCCCCCS. The largest absolute Gasteiger partial charge is 0.353 e. The smallest absolute Gasteiger partial charge is 0.220 e. The Balaban J connectivity index is 3.08. The van der Waals surface area contributed by atoms with Crippen molar-refractivity contribution in [3.05, 3.63) is 12.7 Å². The number of unbranched alkanes of at least 4 members (excludes halogenated alkanes) is 6. The van der Waals surface area contributed by atoms with Gasteiger partial charge in [-0.15, -0.1) is 6.58 Å². The predicted molar refractivity (Wildman–Crippen MR) is 74.0 cm³/mol. The van der Waals surface area contributed by atoms with Crippen LogP contribution in [0.25, 0.3) is 0 Å². The van der Waals surface area contributed by atoms with Gasteiger partial charge in [0.15, 0.2) is 0 Å². The molecule has 0 spiro atoms. The third kappa shape index (κ3) is 11.6. The van der Waals surface area contributed by atoms with Crippen molar-refractivity contribution in [1.82, 2.24) is 5.32 Å². The molecule has 0 aromatic rings. The predicted octanol–water partition coefficient (Wildman–Crippen LogP) is 3.34. The number of carbonyl (C=O) groups excluding carboxylic acids is 1. The molecule has 0 unspecified atom stereocenters. The van der Waals surface area contributed by atoms with Crippen molar-refractivity contribution in [2.75, 3.05) is 12.3 Å². The molecule has 0 saturated heterocycles. The highest BCUT2D eigenvalue weighted by Crippen LogP contribution is 2.08. The summed E-state index contributed by atoms with van der Waals surface area (Å²) in [6.45, 7) is 4.14. The van der Waals surface area contributed by atoms with Gasteiger partial charge in [-0.2, -0.15) is 12.6 Å². The molecule has 2 nitrogen and oxygen atoms in total. The molecular formula is C13H25NOS. The number of hydrogen-bond acceptors (Lipinski definition) is 2. The van der Waals surface area contributed by atoms with Crippen molar-refractivity contribution in [1.29, 1.82) is 0 Å². The highest BCUT2D eigenvalue weighted by atomic mass is 32.1. The van der Waals surface area contributed by atoms with E-state index >= 15 is 0 Å². The van der Waals surface area contributed by atoms with Crippen molar-refractivity contribution in [3.8, 4) is 0 Å².